The number of hydrogen-bond acceptors (Lipinski definition) is 3. The number of rotatable bonds is 5. The first-order chi connectivity index (χ1) is 10.7. The molecule has 1 aromatic carbocycles. The number of pyridine rings is 1. The summed E-state index contributed by atoms with van der Waals surface area (Å²) in [5, 5.41) is 6.57. The van der Waals surface area contributed by atoms with Crippen molar-refractivity contribution in [1.29, 1.82) is 0 Å². The Hall–Kier alpha value is -2.56. The van der Waals surface area contributed by atoms with Crippen molar-refractivity contribution in [2.45, 2.75) is 20.0 Å². The molecule has 0 fully saturated rings. The van der Waals surface area contributed by atoms with Gasteiger partial charge in [-0.3, -0.25) is 4.99 Å². The Morgan fingerprint density at radius 3 is 2.41 bits per heavy atom. The SMILES string of the molecule is CN=C(NCc1ccc(C)cc1)NCc1ccnc(OC)c1. The van der Waals surface area contributed by atoms with Crippen molar-refractivity contribution >= 4 is 5.96 Å². The van der Waals surface area contributed by atoms with Crippen LogP contribution in [-0.2, 0) is 13.1 Å². The van der Waals surface area contributed by atoms with Crippen molar-refractivity contribution < 1.29 is 4.74 Å². The van der Waals surface area contributed by atoms with Crippen LogP contribution in [0.4, 0.5) is 0 Å². The maximum Gasteiger partial charge on any atom is 0.213 e. The maximum absolute atomic E-state index is 5.12. The van der Waals surface area contributed by atoms with Gasteiger partial charge in [-0.05, 0) is 24.1 Å². The van der Waals surface area contributed by atoms with Crippen LogP contribution in [0.5, 0.6) is 5.88 Å². The van der Waals surface area contributed by atoms with Crippen LogP contribution < -0.4 is 15.4 Å². The number of hydrogen-bond donors (Lipinski definition) is 2. The van der Waals surface area contributed by atoms with E-state index in [1.54, 1.807) is 20.4 Å². The fourth-order valence-corrected chi connectivity index (χ4v) is 1.97. The van der Waals surface area contributed by atoms with Crippen molar-refractivity contribution in [2.24, 2.45) is 4.99 Å². The molecule has 2 N–H and O–H groups in total. The van der Waals surface area contributed by atoms with E-state index in [2.05, 4.69) is 51.8 Å². The fourth-order valence-electron chi connectivity index (χ4n) is 1.97. The Morgan fingerprint density at radius 2 is 1.77 bits per heavy atom. The zero-order chi connectivity index (χ0) is 15.8. The second-order valence-corrected chi connectivity index (χ2v) is 4.97. The van der Waals surface area contributed by atoms with Crippen molar-refractivity contribution in [3.05, 3.63) is 59.3 Å². The van der Waals surface area contributed by atoms with Gasteiger partial charge >= 0.3 is 0 Å². The number of ether oxygens (including phenoxy) is 1. The van der Waals surface area contributed by atoms with Gasteiger partial charge in [-0.25, -0.2) is 4.98 Å². The van der Waals surface area contributed by atoms with Gasteiger partial charge in [0.1, 0.15) is 0 Å². The van der Waals surface area contributed by atoms with Crippen LogP contribution in [0.15, 0.2) is 47.6 Å². The predicted molar refractivity (Wildman–Crippen MR) is 89.0 cm³/mol. The Morgan fingerprint density at radius 1 is 1.09 bits per heavy atom. The van der Waals surface area contributed by atoms with Crippen molar-refractivity contribution in [3.8, 4) is 5.88 Å². The van der Waals surface area contributed by atoms with E-state index >= 15 is 0 Å². The molecule has 1 heterocycles. The van der Waals surface area contributed by atoms with Gasteiger partial charge in [-0.2, -0.15) is 0 Å². The number of nitrogens with one attached hydrogen (secondary N) is 2. The number of methoxy groups -OCH3 is 1. The van der Waals surface area contributed by atoms with Crippen LogP contribution in [0.25, 0.3) is 0 Å². The molecule has 0 spiro atoms. The molecule has 1 aromatic heterocycles. The first-order valence-corrected chi connectivity index (χ1v) is 7.20. The summed E-state index contributed by atoms with van der Waals surface area (Å²) in [7, 11) is 3.37. The summed E-state index contributed by atoms with van der Waals surface area (Å²) in [6, 6.07) is 12.3. The first kappa shape index (κ1) is 15.8. The standard InChI is InChI=1S/C17H22N4O/c1-13-4-6-14(7-5-13)11-20-17(18-2)21-12-15-8-9-19-16(10-15)22-3/h4-10H,11-12H2,1-3H3,(H2,18,20,21). The second-order valence-electron chi connectivity index (χ2n) is 4.97. The van der Waals surface area contributed by atoms with Gasteiger partial charge in [0.2, 0.25) is 5.88 Å². The molecule has 0 amide bonds. The summed E-state index contributed by atoms with van der Waals surface area (Å²) in [5.74, 6) is 1.37. The van der Waals surface area contributed by atoms with Gasteiger partial charge in [0.05, 0.1) is 7.11 Å². The highest BCUT2D eigenvalue weighted by molar-refractivity contribution is 5.79. The molecule has 0 aliphatic heterocycles. The second kappa shape index (κ2) is 8.02. The lowest BCUT2D eigenvalue weighted by atomic mass is 10.1. The molecule has 0 saturated heterocycles. The average Bonchev–Trinajstić information content (AvgIpc) is 2.57. The van der Waals surface area contributed by atoms with E-state index in [-0.39, 0.29) is 0 Å². The lowest BCUT2D eigenvalue weighted by molar-refractivity contribution is 0.397. The number of nitrogens with zero attached hydrogens (tertiary/aromatic N) is 2. The molecule has 0 saturated carbocycles. The minimum atomic E-state index is 0.613. The molecule has 2 rings (SSSR count). The summed E-state index contributed by atoms with van der Waals surface area (Å²) in [6.07, 6.45) is 1.73. The molecule has 5 nitrogen and oxygen atoms in total. The number of guanidine groups is 1. The molecule has 0 atom stereocenters. The van der Waals surface area contributed by atoms with E-state index in [4.69, 9.17) is 4.74 Å². The minimum Gasteiger partial charge on any atom is -0.481 e. The molecular weight excluding hydrogens is 276 g/mol. The predicted octanol–water partition coefficient (Wildman–Crippen LogP) is 2.26. The molecule has 0 bridgehead atoms. The normalized spacial score (nSPS) is 11.1. The third-order valence-electron chi connectivity index (χ3n) is 3.27. The van der Waals surface area contributed by atoms with Crippen LogP contribution in [-0.4, -0.2) is 25.1 Å². The number of aryl methyl sites for hydroxylation is 1. The Balaban J connectivity index is 1.85. The zero-order valence-electron chi connectivity index (χ0n) is 13.3. The van der Waals surface area contributed by atoms with Crippen LogP contribution in [0.3, 0.4) is 0 Å². The third kappa shape index (κ3) is 4.77. The highest BCUT2D eigenvalue weighted by Gasteiger charge is 2.01. The zero-order valence-corrected chi connectivity index (χ0v) is 13.3. The smallest absolute Gasteiger partial charge is 0.213 e. The fraction of sp³-hybridized carbons (Fsp3) is 0.294. The summed E-state index contributed by atoms with van der Waals surface area (Å²) in [4.78, 5) is 8.32. The highest BCUT2D eigenvalue weighted by Crippen LogP contribution is 2.08. The maximum atomic E-state index is 5.12. The molecule has 5 heteroatoms. The van der Waals surface area contributed by atoms with E-state index in [0.29, 0.717) is 12.4 Å². The highest BCUT2D eigenvalue weighted by atomic mass is 16.5. The third-order valence-corrected chi connectivity index (χ3v) is 3.27. The lowest BCUT2D eigenvalue weighted by Gasteiger charge is -2.12. The van der Waals surface area contributed by atoms with Crippen molar-refractivity contribution in [2.75, 3.05) is 14.2 Å². The molecule has 0 unspecified atom stereocenters. The van der Waals surface area contributed by atoms with Gasteiger partial charge in [-0.1, -0.05) is 29.8 Å². The largest absolute Gasteiger partial charge is 0.481 e. The molecule has 22 heavy (non-hydrogen) atoms. The van der Waals surface area contributed by atoms with E-state index in [1.807, 2.05) is 12.1 Å². The Kier molecular flexibility index (Phi) is 5.77. The van der Waals surface area contributed by atoms with E-state index in [9.17, 15) is 0 Å². The summed E-state index contributed by atoms with van der Waals surface area (Å²) in [5.41, 5.74) is 3.57. The van der Waals surface area contributed by atoms with Crippen LogP contribution in [0, 0.1) is 6.92 Å². The molecule has 116 valence electrons. The topological polar surface area (TPSA) is 58.5 Å². The molecule has 0 radical (unpaired) electrons. The van der Waals surface area contributed by atoms with Crippen LogP contribution >= 0.6 is 0 Å². The number of aromatic nitrogens is 1. The van der Waals surface area contributed by atoms with E-state index < -0.39 is 0 Å². The number of benzene rings is 1. The van der Waals surface area contributed by atoms with Gasteiger partial charge in [0.25, 0.3) is 0 Å². The number of aliphatic imine (C=N–C) groups is 1. The van der Waals surface area contributed by atoms with Gasteiger partial charge in [-0.15, -0.1) is 0 Å². The molecule has 2 aromatic rings. The Bertz CT molecular complexity index is 623. The van der Waals surface area contributed by atoms with Gasteiger partial charge in [0.15, 0.2) is 5.96 Å². The van der Waals surface area contributed by atoms with E-state index in [1.165, 1.54) is 11.1 Å². The lowest BCUT2D eigenvalue weighted by Crippen LogP contribution is -2.36. The van der Waals surface area contributed by atoms with Crippen LogP contribution in [0.2, 0.25) is 0 Å². The van der Waals surface area contributed by atoms with Crippen LogP contribution in [0.1, 0.15) is 16.7 Å². The van der Waals surface area contributed by atoms with Gasteiger partial charge in [0, 0.05) is 32.4 Å². The quantitative estimate of drug-likeness (QED) is 0.657. The molecule has 0 aliphatic rings. The van der Waals surface area contributed by atoms with E-state index in [0.717, 1.165) is 18.1 Å². The first-order valence-electron chi connectivity index (χ1n) is 7.20. The van der Waals surface area contributed by atoms with Crippen molar-refractivity contribution in [3.63, 3.8) is 0 Å². The minimum absolute atomic E-state index is 0.613. The summed E-state index contributed by atoms with van der Waals surface area (Å²) >= 11 is 0. The Labute approximate surface area is 131 Å². The van der Waals surface area contributed by atoms with Gasteiger partial charge < -0.3 is 15.4 Å². The van der Waals surface area contributed by atoms with Crippen molar-refractivity contribution in [1.82, 2.24) is 15.6 Å². The summed E-state index contributed by atoms with van der Waals surface area (Å²) < 4.78 is 5.12. The monoisotopic (exact) mass is 298 g/mol. The molecule has 0 aliphatic carbocycles. The average molecular weight is 298 g/mol. The summed E-state index contributed by atoms with van der Waals surface area (Å²) in [6.45, 7) is 3.48. The molecular formula is C17H22N4O.